The molecule has 1 saturated carbocycles. The second kappa shape index (κ2) is 13.2. The zero-order chi connectivity index (χ0) is 22.6. The van der Waals surface area contributed by atoms with Gasteiger partial charge in [0.2, 0.25) is 0 Å². The molecule has 1 aliphatic rings. The molecule has 0 saturated heterocycles. The van der Waals surface area contributed by atoms with Crippen LogP contribution in [0.15, 0.2) is 42.5 Å². The van der Waals surface area contributed by atoms with Crippen molar-refractivity contribution in [3.8, 4) is 17.6 Å². The SMILES string of the molecule is CCCCCC[C@H]1CC[C@H](c2ccc(COc3ccc(OCCC)cc3C#N)cc2)CC1. The lowest BCUT2D eigenvalue weighted by Gasteiger charge is -2.29. The van der Waals surface area contributed by atoms with Gasteiger partial charge in [-0.3, -0.25) is 0 Å². The Labute approximate surface area is 194 Å². The van der Waals surface area contributed by atoms with Crippen LogP contribution in [0.25, 0.3) is 0 Å². The molecular formula is C29H39NO2. The molecule has 0 aliphatic heterocycles. The van der Waals surface area contributed by atoms with Crippen LogP contribution in [0.2, 0.25) is 0 Å². The molecule has 32 heavy (non-hydrogen) atoms. The maximum absolute atomic E-state index is 9.45. The Morgan fingerprint density at radius 1 is 0.875 bits per heavy atom. The normalized spacial score (nSPS) is 18.2. The van der Waals surface area contributed by atoms with Crippen LogP contribution >= 0.6 is 0 Å². The van der Waals surface area contributed by atoms with E-state index in [1.165, 1.54) is 63.4 Å². The van der Waals surface area contributed by atoms with E-state index in [4.69, 9.17) is 9.47 Å². The third-order valence-electron chi connectivity index (χ3n) is 6.70. The lowest BCUT2D eigenvalue weighted by atomic mass is 9.77. The first-order valence-corrected chi connectivity index (χ1v) is 12.6. The lowest BCUT2D eigenvalue weighted by Crippen LogP contribution is -2.13. The molecule has 0 radical (unpaired) electrons. The van der Waals surface area contributed by atoms with Gasteiger partial charge in [-0.2, -0.15) is 5.26 Å². The summed E-state index contributed by atoms with van der Waals surface area (Å²) in [4.78, 5) is 0. The van der Waals surface area contributed by atoms with Gasteiger partial charge in [-0.1, -0.05) is 70.2 Å². The molecule has 0 amide bonds. The Morgan fingerprint density at radius 3 is 2.34 bits per heavy atom. The van der Waals surface area contributed by atoms with E-state index in [2.05, 4.69) is 44.2 Å². The number of nitrogens with zero attached hydrogens (tertiary/aromatic N) is 1. The highest BCUT2D eigenvalue weighted by Crippen LogP contribution is 2.38. The van der Waals surface area contributed by atoms with Crippen molar-refractivity contribution < 1.29 is 9.47 Å². The van der Waals surface area contributed by atoms with E-state index >= 15 is 0 Å². The number of hydrogen-bond donors (Lipinski definition) is 0. The minimum Gasteiger partial charge on any atom is -0.494 e. The number of unbranched alkanes of at least 4 members (excludes halogenated alkanes) is 3. The topological polar surface area (TPSA) is 42.2 Å². The van der Waals surface area contributed by atoms with Crippen LogP contribution in [0.4, 0.5) is 0 Å². The number of ether oxygens (including phenoxy) is 2. The van der Waals surface area contributed by atoms with Gasteiger partial charge in [-0.05, 0) is 67.2 Å². The van der Waals surface area contributed by atoms with Gasteiger partial charge in [0, 0.05) is 6.07 Å². The van der Waals surface area contributed by atoms with E-state index in [-0.39, 0.29) is 0 Å². The number of rotatable bonds is 12. The van der Waals surface area contributed by atoms with Gasteiger partial charge in [0.15, 0.2) is 0 Å². The zero-order valence-electron chi connectivity index (χ0n) is 19.9. The standard InChI is InChI=1S/C29H39NO2/c1-3-5-6-7-8-23-9-13-25(14-10-23)26-15-11-24(12-16-26)22-32-29-18-17-28(31-19-4-2)20-27(29)21-30/h11-12,15-18,20,23,25H,3-10,13-14,19,22H2,1-2H3/t23-,25-. The molecule has 0 N–H and O–H groups in total. The molecule has 0 spiro atoms. The Hall–Kier alpha value is -2.47. The molecule has 0 heterocycles. The fourth-order valence-corrected chi connectivity index (χ4v) is 4.72. The average Bonchev–Trinajstić information content (AvgIpc) is 2.85. The summed E-state index contributed by atoms with van der Waals surface area (Å²) in [6, 6.07) is 16.6. The highest BCUT2D eigenvalue weighted by atomic mass is 16.5. The van der Waals surface area contributed by atoms with Crippen LogP contribution in [0.5, 0.6) is 11.5 Å². The van der Waals surface area contributed by atoms with Crippen molar-refractivity contribution in [3.05, 3.63) is 59.2 Å². The summed E-state index contributed by atoms with van der Waals surface area (Å²) < 4.78 is 11.6. The van der Waals surface area contributed by atoms with E-state index in [1.807, 2.05) is 12.1 Å². The molecule has 2 aromatic carbocycles. The largest absolute Gasteiger partial charge is 0.494 e. The van der Waals surface area contributed by atoms with Crippen molar-refractivity contribution in [2.24, 2.45) is 5.92 Å². The minimum atomic E-state index is 0.467. The van der Waals surface area contributed by atoms with E-state index in [0.29, 0.717) is 30.4 Å². The van der Waals surface area contributed by atoms with Gasteiger partial charge in [0.05, 0.1) is 12.2 Å². The summed E-state index contributed by atoms with van der Waals surface area (Å²) in [6.45, 7) is 5.47. The molecular weight excluding hydrogens is 394 g/mol. The zero-order valence-corrected chi connectivity index (χ0v) is 19.9. The first kappa shape index (κ1) is 24.2. The first-order chi connectivity index (χ1) is 15.7. The maximum atomic E-state index is 9.45. The van der Waals surface area contributed by atoms with Gasteiger partial charge in [0.1, 0.15) is 24.2 Å². The second-order valence-corrected chi connectivity index (χ2v) is 9.22. The van der Waals surface area contributed by atoms with Crippen molar-refractivity contribution >= 4 is 0 Å². The van der Waals surface area contributed by atoms with Crippen molar-refractivity contribution in [1.29, 1.82) is 5.26 Å². The molecule has 3 rings (SSSR count). The molecule has 3 heteroatoms. The Bertz CT molecular complexity index is 844. The van der Waals surface area contributed by atoms with Crippen LogP contribution in [0.3, 0.4) is 0 Å². The summed E-state index contributed by atoms with van der Waals surface area (Å²) in [5.41, 5.74) is 3.11. The summed E-state index contributed by atoms with van der Waals surface area (Å²) >= 11 is 0. The average molecular weight is 434 g/mol. The fraction of sp³-hybridized carbons (Fsp3) is 0.552. The molecule has 2 aromatic rings. The molecule has 0 aromatic heterocycles. The van der Waals surface area contributed by atoms with Gasteiger partial charge in [0.25, 0.3) is 0 Å². The summed E-state index contributed by atoms with van der Waals surface area (Å²) in [5.74, 6) is 2.98. The third-order valence-corrected chi connectivity index (χ3v) is 6.70. The number of nitriles is 1. The van der Waals surface area contributed by atoms with Crippen LogP contribution in [0, 0.1) is 17.2 Å². The smallest absolute Gasteiger partial charge is 0.137 e. The van der Waals surface area contributed by atoms with Crippen molar-refractivity contribution in [3.63, 3.8) is 0 Å². The Morgan fingerprint density at radius 2 is 1.66 bits per heavy atom. The van der Waals surface area contributed by atoms with E-state index in [9.17, 15) is 5.26 Å². The van der Waals surface area contributed by atoms with Crippen LogP contribution in [-0.2, 0) is 6.61 Å². The van der Waals surface area contributed by atoms with Crippen LogP contribution < -0.4 is 9.47 Å². The fourth-order valence-electron chi connectivity index (χ4n) is 4.72. The minimum absolute atomic E-state index is 0.467. The molecule has 0 unspecified atom stereocenters. The Kier molecular flexibility index (Phi) is 9.95. The number of hydrogen-bond acceptors (Lipinski definition) is 3. The lowest BCUT2D eigenvalue weighted by molar-refractivity contribution is 0.299. The van der Waals surface area contributed by atoms with E-state index < -0.39 is 0 Å². The summed E-state index contributed by atoms with van der Waals surface area (Å²) in [5, 5.41) is 9.45. The van der Waals surface area contributed by atoms with E-state index in [0.717, 1.165) is 23.7 Å². The maximum Gasteiger partial charge on any atom is 0.137 e. The summed E-state index contributed by atoms with van der Waals surface area (Å²) in [7, 11) is 0. The van der Waals surface area contributed by atoms with Gasteiger partial charge < -0.3 is 9.47 Å². The van der Waals surface area contributed by atoms with Gasteiger partial charge in [-0.25, -0.2) is 0 Å². The molecule has 172 valence electrons. The van der Waals surface area contributed by atoms with Crippen molar-refractivity contribution in [2.75, 3.05) is 6.61 Å². The molecule has 3 nitrogen and oxygen atoms in total. The first-order valence-electron chi connectivity index (χ1n) is 12.6. The molecule has 0 atom stereocenters. The highest BCUT2D eigenvalue weighted by Gasteiger charge is 2.22. The van der Waals surface area contributed by atoms with Gasteiger partial charge in [-0.15, -0.1) is 0 Å². The van der Waals surface area contributed by atoms with E-state index in [1.54, 1.807) is 6.07 Å². The van der Waals surface area contributed by atoms with Crippen LogP contribution in [0.1, 0.15) is 101 Å². The highest BCUT2D eigenvalue weighted by molar-refractivity contribution is 5.47. The summed E-state index contributed by atoms with van der Waals surface area (Å²) in [6.07, 6.45) is 13.3. The third kappa shape index (κ3) is 7.30. The number of benzene rings is 2. The van der Waals surface area contributed by atoms with Crippen LogP contribution in [-0.4, -0.2) is 6.61 Å². The monoisotopic (exact) mass is 433 g/mol. The molecule has 1 fully saturated rings. The van der Waals surface area contributed by atoms with Crippen molar-refractivity contribution in [1.82, 2.24) is 0 Å². The predicted molar refractivity (Wildman–Crippen MR) is 131 cm³/mol. The van der Waals surface area contributed by atoms with Crippen molar-refractivity contribution in [2.45, 2.75) is 90.6 Å². The quantitative estimate of drug-likeness (QED) is 0.317. The van der Waals surface area contributed by atoms with Gasteiger partial charge >= 0.3 is 0 Å². The molecule has 0 bridgehead atoms. The second-order valence-electron chi connectivity index (χ2n) is 9.22. The Balaban J connectivity index is 1.47. The molecule has 1 aliphatic carbocycles. The predicted octanol–water partition coefficient (Wildman–Crippen LogP) is 8.17.